The minimum absolute atomic E-state index is 0.0411. The lowest BCUT2D eigenvalue weighted by molar-refractivity contribution is -0.120. The van der Waals surface area contributed by atoms with Crippen molar-refractivity contribution in [2.24, 2.45) is 5.73 Å². The first-order valence-electron chi connectivity index (χ1n) is 11.5. The van der Waals surface area contributed by atoms with Crippen molar-refractivity contribution in [1.29, 1.82) is 0 Å². The highest BCUT2D eigenvalue weighted by molar-refractivity contribution is 5.92. The topological polar surface area (TPSA) is 141 Å². The molecule has 182 valence electrons. The normalized spacial score (nSPS) is 11.9. The molecule has 3 aromatic heterocycles. The number of carbonyl (C=O) groups excluding carboxylic acids is 2. The van der Waals surface area contributed by atoms with E-state index in [4.69, 9.17) is 10.5 Å². The third kappa shape index (κ3) is 5.65. The Morgan fingerprint density at radius 3 is 2.71 bits per heavy atom. The van der Waals surface area contributed by atoms with Crippen LogP contribution in [0.15, 0.2) is 49.1 Å². The molecule has 4 aromatic rings. The van der Waals surface area contributed by atoms with Crippen molar-refractivity contribution in [3.63, 3.8) is 0 Å². The van der Waals surface area contributed by atoms with Gasteiger partial charge >= 0.3 is 0 Å². The molecule has 0 radical (unpaired) electrons. The predicted molar refractivity (Wildman–Crippen MR) is 132 cm³/mol. The largest absolute Gasteiger partial charge is 0.481 e. The fourth-order valence-electron chi connectivity index (χ4n) is 4.01. The van der Waals surface area contributed by atoms with Gasteiger partial charge in [0.25, 0.3) is 5.91 Å². The van der Waals surface area contributed by atoms with E-state index in [1.165, 1.54) is 6.20 Å². The number of pyridine rings is 1. The van der Waals surface area contributed by atoms with Crippen molar-refractivity contribution in [1.82, 2.24) is 30.0 Å². The Balaban J connectivity index is 1.55. The molecule has 1 unspecified atom stereocenters. The zero-order chi connectivity index (χ0) is 24.8. The van der Waals surface area contributed by atoms with Crippen molar-refractivity contribution in [3.8, 4) is 17.1 Å². The van der Waals surface area contributed by atoms with E-state index in [1.54, 1.807) is 37.4 Å². The van der Waals surface area contributed by atoms with E-state index in [0.29, 0.717) is 17.9 Å². The number of rotatable bonds is 11. The third-order valence-electron chi connectivity index (χ3n) is 5.99. The van der Waals surface area contributed by atoms with Crippen molar-refractivity contribution in [2.75, 3.05) is 14.2 Å². The molecule has 1 atom stereocenters. The standard InChI is InChI=1S/C25H29N7O3/c1-27-22(33)7-5-3-4-6-21(32-15-19(13-30-32)24(26)34)25-29-14-20(31-25)17-9-8-16-11-23(35-2)28-12-18(16)10-17/h8-15,21H,3-7H2,1-2H3,(H2,26,34)(H,27,33)(H,29,31). The molecule has 0 aliphatic heterocycles. The van der Waals surface area contributed by atoms with Crippen molar-refractivity contribution in [3.05, 3.63) is 60.4 Å². The Labute approximate surface area is 202 Å². The number of nitrogens with zero attached hydrogens (tertiary/aromatic N) is 4. The van der Waals surface area contributed by atoms with Gasteiger partial charge in [0.05, 0.1) is 30.8 Å². The number of amides is 2. The summed E-state index contributed by atoms with van der Waals surface area (Å²) in [6.45, 7) is 0. The monoisotopic (exact) mass is 475 g/mol. The van der Waals surface area contributed by atoms with Crippen LogP contribution < -0.4 is 15.8 Å². The number of unbranched alkanes of at least 4 members (excludes halogenated alkanes) is 2. The molecule has 4 N–H and O–H groups in total. The van der Waals surface area contributed by atoms with Crippen molar-refractivity contribution < 1.29 is 14.3 Å². The molecule has 0 spiro atoms. The van der Waals surface area contributed by atoms with Gasteiger partial charge in [-0.25, -0.2) is 9.97 Å². The van der Waals surface area contributed by atoms with Crippen molar-refractivity contribution in [2.45, 2.75) is 38.1 Å². The lowest BCUT2D eigenvalue weighted by Crippen LogP contribution is -2.17. The first-order valence-corrected chi connectivity index (χ1v) is 11.5. The number of primary amides is 1. The smallest absolute Gasteiger partial charge is 0.251 e. The zero-order valence-electron chi connectivity index (χ0n) is 19.8. The summed E-state index contributed by atoms with van der Waals surface area (Å²) in [5.41, 5.74) is 7.61. The lowest BCUT2D eigenvalue weighted by atomic mass is 10.1. The van der Waals surface area contributed by atoms with Crippen LogP contribution in [0.4, 0.5) is 0 Å². The highest BCUT2D eigenvalue weighted by atomic mass is 16.5. The van der Waals surface area contributed by atoms with Gasteiger partial charge < -0.3 is 20.8 Å². The van der Waals surface area contributed by atoms with Crippen LogP contribution >= 0.6 is 0 Å². The molecular weight excluding hydrogens is 446 g/mol. The highest BCUT2D eigenvalue weighted by Crippen LogP contribution is 2.28. The van der Waals surface area contributed by atoms with Crippen LogP contribution in [0.5, 0.6) is 5.88 Å². The minimum atomic E-state index is -0.526. The number of nitrogens with two attached hydrogens (primary N) is 1. The summed E-state index contributed by atoms with van der Waals surface area (Å²) in [5, 5.41) is 9.03. The molecule has 4 rings (SSSR count). The number of hydrogen-bond donors (Lipinski definition) is 3. The summed E-state index contributed by atoms with van der Waals surface area (Å²) in [7, 11) is 3.24. The summed E-state index contributed by atoms with van der Waals surface area (Å²) >= 11 is 0. The summed E-state index contributed by atoms with van der Waals surface area (Å²) in [6.07, 6.45) is 10.5. The lowest BCUT2D eigenvalue weighted by Gasteiger charge is -2.15. The van der Waals surface area contributed by atoms with Crippen LogP contribution in [0.2, 0.25) is 0 Å². The van der Waals surface area contributed by atoms with Gasteiger partial charge in [0.15, 0.2) is 0 Å². The molecule has 10 nitrogen and oxygen atoms in total. The Morgan fingerprint density at radius 2 is 1.97 bits per heavy atom. The molecule has 0 saturated carbocycles. The second kappa shape index (κ2) is 10.8. The van der Waals surface area contributed by atoms with E-state index >= 15 is 0 Å². The number of methoxy groups -OCH3 is 1. The molecule has 10 heteroatoms. The first kappa shape index (κ1) is 23.9. The van der Waals surface area contributed by atoms with Gasteiger partial charge in [0.1, 0.15) is 11.9 Å². The van der Waals surface area contributed by atoms with Crippen molar-refractivity contribution >= 4 is 22.6 Å². The fourth-order valence-corrected chi connectivity index (χ4v) is 4.01. The number of nitrogens with one attached hydrogen (secondary N) is 2. The highest BCUT2D eigenvalue weighted by Gasteiger charge is 2.20. The Bertz CT molecular complexity index is 1330. The average Bonchev–Trinajstić information content (AvgIpc) is 3.56. The molecule has 0 saturated heterocycles. The summed E-state index contributed by atoms with van der Waals surface area (Å²) in [6, 6.07) is 7.78. The van der Waals surface area contributed by atoms with E-state index in [2.05, 4.69) is 25.4 Å². The van der Waals surface area contributed by atoms with Crippen LogP contribution in [0.25, 0.3) is 22.0 Å². The molecule has 2 amide bonds. The first-order chi connectivity index (χ1) is 17.0. The zero-order valence-corrected chi connectivity index (χ0v) is 19.8. The number of ether oxygens (including phenoxy) is 1. The second-order valence-electron chi connectivity index (χ2n) is 8.33. The number of benzene rings is 1. The number of aromatic nitrogens is 5. The van der Waals surface area contributed by atoms with Gasteiger partial charge in [-0.3, -0.25) is 14.3 Å². The number of H-pyrrole nitrogens is 1. The minimum Gasteiger partial charge on any atom is -0.481 e. The van der Waals surface area contributed by atoms with Gasteiger partial charge in [-0.05, 0) is 24.3 Å². The van der Waals surface area contributed by atoms with E-state index in [9.17, 15) is 9.59 Å². The molecule has 0 aliphatic rings. The molecule has 3 heterocycles. The molecule has 0 bridgehead atoms. The van der Waals surface area contributed by atoms with E-state index in [0.717, 1.165) is 53.5 Å². The maximum Gasteiger partial charge on any atom is 0.251 e. The average molecular weight is 476 g/mol. The number of hydrogen-bond acceptors (Lipinski definition) is 6. The summed E-state index contributed by atoms with van der Waals surface area (Å²) in [4.78, 5) is 35.4. The van der Waals surface area contributed by atoms with E-state index in [1.807, 2.05) is 24.3 Å². The number of fused-ring (bicyclic) bond motifs is 1. The Morgan fingerprint density at radius 1 is 1.11 bits per heavy atom. The number of carbonyl (C=O) groups is 2. The van der Waals surface area contributed by atoms with Gasteiger partial charge in [-0.2, -0.15) is 5.10 Å². The van der Waals surface area contributed by atoms with Gasteiger partial charge in [0.2, 0.25) is 11.8 Å². The quantitative estimate of drug-likeness (QED) is 0.285. The van der Waals surface area contributed by atoms with E-state index in [-0.39, 0.29) is 11.9 Å². The maximum absolute atomic E-state index is 11.6. The van der Waals surface area contributed by atoms with Crippen LogP contribution in [0, 0.1) is 0 Å². The summed E-state index contributed by atoms with van der Waals surface area (Å²) < 4.78 is 6.93. The second-order valence-corrected chi connectivity index (χ2v) is 8.33. The Kier molecular flexibility index (Phi) is 7.39. The molecule has 0 fully saturated rings. The SMILES string of the molecule is CNC(=O)CCCCCC(c1ncc(-c2ccc3cc(OC)ncc3c2)[nH]1)n1cc(C(N)=O)cn1. The van der Waals surface area contributed by atoms with Crippen LogP contribution in [0.1, 0.15) is 54.3 Å². The third-order valence-corrected chi connectivity index (χ3v) is 5.99. The molecule has 1 aromatic carbocycles. The molecular formula is C25H29N7O3. The maximum atomic E-state index is 11.6. The molecule has 0 aliphatic carbocycles. The van der Waals surface area contributed by atoms with Crippen LogP contribution in [-0.2, 0) is 4.79 Å². The van der Waals surface area contributed by atoms with Gasteiger partial charge in [-0.15, -0.1) is 0 Å². The summed E-state index contributed by atoms with van der Waals surface area (Å²) in [5.74, 6) is 0.821. The van der Waals surface area contributed by atoms with Crippen LogP contribution in [-0.4, -0.2) is 50.7 Å². The number of imidazole rings is 1. The molecule has 35 heavy (non-hydrogen) atoms. The van der Waals surface area contributed by atoms with Crippen LogP contribution in [0.3, 0.4) is 0 Å². The predicted octanol–water partition coefficient (Wildman–Crippen LogP) is 3.21. The van der Waals surface area contributed by atoms with Gasteiger partial charge in [-0.1, -0.05) is 25.0 Å². The van der Waals surface area contributed by atoms with Gasteiger partial charge in [0, 0.05) is 42.9 Å². The fraction of sp³-hybridized carbons (Fsp3) is 0.320. The Hall–Kier alpha value is -4.21. The van der Waals surface area contributed by atoms with E-state index < -0.39 is 5.91 Å². The number of aromatic amines is 1.